The molecule has 4 nitrogen and oxygen atoms in total. The Labute approximate surface area is 121 Å². The lowest BCUT2D eigenvalue weighted by atomic mass is 10.0. The topological polar surface area (TPSA) is 59.2 Å². The SMILES string of the molecule is CC(C)c1cnc(CO)c(-c2nc3c(F)cccc3o2)c1. The van der Waals surface area contributed by atoms with Crippen molar-refractivity contribution in [3.05, 3.63) is 47.5 Å². The summed E-state index contributed by atoms with van der Waals surface area (Å²) in [6, 6.07) is 6.45. The quantitative estimate of drug-likeness (QED) is 0.798. The van der Waals surface area contributed by atoms with Gasteiger partial charge in [0.15, 0.2) is 11.4 Å². The molecule has 0 saturated carbocycles. The van der Waals surface area contributed by atoms with Crippen LogP contribution in [0.2, 0.25) is 0 Å². The highest BCUT2D eigenvalue weighted by atomic mass is 19.1. The fourth-order valence-electron chi connectivity index (χ4n) is 2.17. The molecule has 2 heterocycles. The molecule has 0 amide bonds. The van der Waals surface area contributed by atoms with Crippen molar-refractivity contribution in [1.29, 1.82) is 0 Å². The second-order valence-electron chi connectivity index (χ2n) is 5.18. The predicted octanol–water partition coefficient (Wildman–Crippen LogP) is 3.64. The normalized spacial score (nSPS) is 11.5. The van der Waals surface area contributed by atoms with Gasteiger partial charge in [-0.25, -0.2) is 9.37 Å². The molecule has 21 heavy (non-hydrogen) atoms. The number of pyridine rings is 1. The number of hydrogen-bond acceptors (Lipinski definition) is 4. The lowest BCUT2D eigenvalue weighted by Gasteiger charge is -2.09. The summed E-state index contributed by atoms with van der Waals surface area (Å²) in [5.74, 6) is 0.125. The molecule has 5 heteroatoms. The Morgan fingerprint density at radius 3 is 2.81 bits per heavy atom. The maximum atomic E-state index is 13.7. The third-order valence-corrected chi connectivity index (χ3v) is 3.41. The van der Waals surface area contributed by atoms with E-state index in [1.54, 1.807) is 18.3 Å². The predicted molar refractivity (Wildman–Crippen MR) is 77.2 cm³/mol. The Bertz CT molecular complexity index is 796. The Hall–Kier alpha value is -2.27. The van der Waals surface area contributed by atoms with E-state index in [-0.39, 0.29) is 23.9 Å². The number of aliphatic hydroxyl groups is 1. The Balaban J connectivity index is 2.21. The number of fused-ring (bicyclic) bond motifs is 1. The molecule has 108 valence electrons. The number of halogens is 1. The van der Waals surface area contributed by atoms with Crippen LogP contribution in [0.25, 0.3) is 22.6 Å². The molecule has 1 aromatic carbocycles. The number of oxazole rings is 1. The van der Waals surface area contributed by atoms with Crippen LogP contribution < -0.4 is 0 Å². The lowest BCUT2D eigenvalue weighted by Crippen LogP contribution is -1.98. The van der Waals surface area contributed by atoms with Gasteiger partial charge in [0.25, 0.3) is 0 Å². The Morgan fingerprint density at radius 1 is 1.33 bits per heavy atom. The molecule has 3 rings (SSSR count). The molecular weight excluding hydrogens is 271 g/mol. The van der Waals surface area contributed by atoms with E-state index in [1.807, 2.05) is 19.9 Å². The first kappa shape index (κ1) is 13.7. The van der Waals surface area contributed by atoms with Crippen LogP contribution in [-0.4, -0.2) is 15.1 Å². The number of nitrogens with zero attached hydrogens (tertiary/aromatic N) is 2. The molecule has 0 saturated heterocycles. The molecule has 0 aliphatic heterocycles. The van der Waals surface area contributed by atoms with Gasteiger partial charge in [0.05, 0.1) is 17.9 Å². The van der Waals surface area contributed by atoms with E-state index in [0.717, 1.165) is 5.56 Å². The van der Waals surface area contributed by atoms with Crippen molar-refractivity contribution in [1.82, 2.24) is 9.97 Å². The third-order valence-electron chi connectivity index (χ3n) is 3.41. The number of rotatable bonds is 3. The van der Waals surface area contributed by atoms with Gasteiger partial charge in [-0.1, -0.05) is 19.9 Å². The zero-order valence-electron chi connectivity index (χ0n) is 11.8. The van der Waals surface area contributed by atoms with Crippen molar-refractivity contribution < 1.29 is 13.9 Å². The van der Waals surface area contributed by atoms with Gasteiger partial charge < -0.3 is 9.52 Å². The van der Waals surface area contributed by atoms with Crippen LogP contribution >= 0.6 is 0 Å². The minimum absolute atomic E-state index is 0.186. The van der Waals surface area contributed by atoms with Crippen LogP contribution in [0, 0.1) is 5.82 Å². The summed E-state index contributed by atoms with van der Waals surface area (Å²) in [6.45, 7) is 3.87. The zero-order valence-corrected chi connectivity index (χ0v) is 11.8. The minimum Gasteiger partial charge on any atom is -0.436 e. The van der Waals surface area contributed by atoms with E-state index in [0.29, 0.717) is 16.8 Å². The van der Waals surface area contributed by atoms with Crippen LogP contribution in [0.3, 0.4) is 0 Å². The van der Waals surface area contributed by atoms with Crippen molar-refractivity contribution in [2.45, 2.75) is 26.4 Å². The van der Waals surface area contributed by atoms with E-state index in [4.69, 9.17) is 4.42 Å². The molecule has 0 fully saturated rings. The summed E-state index contributed by atoms with van der Waals surface area (Å²) in [7, 11) is 0. The molecule has 1 N–H and O–H groups in total. The monoisotopic (exact) mass is 286 g/mol. The Morgan fingerprint density at radius 2 is 2.14 bits per heavy atom. The number of hydrogen-bond donors (Lipinski definition) is 1. The summed E-state index contributed by atoms with van der Waals surface area (Å²) in [6.07, 6.45) is 1.73. The van der Waals surface area contributed by atoms with Gasteiger partial charge in [-0.2, -0.15) is 0 Å². The molecule has 2 aromatic heterocycles. The zero-order chi connectivity index (χ0) is 15.0. The van der Waals surface area contributed by atoms with Crippen molar-refractivity contribution in [2.75, 3.05) is 0 Å². The lowest BCUT2D eigenvalue weighted by molar-refractivity contribution is 0.277. The molecule has 0 atom stereocenters. The molecule has 0 radical (unpaired) electrons. The van der Waals surface area contributed by atoms with Crippen LogP contribution in [-0.2, 0) is 6.61 Å². The van der Waals surface area contributed by atoms with Gasteiger partial charge in [0.2, 0.25) is 5.89 Å². The van der Waals surface area contributed by atoms with Gasteiger partial charge >= 0.3 is 0 Å². The molecule has 0 bridgehead atoms. The summed E-state index contributed by atoms with van der Waals surface area (Å²) in [5, 5.41) is 9.43. The first-order chi connectivity index (χ1) is 10.1. The number of benzene rings is 1. The number of aliphatic hydroxyl groups excluding tert-OH is 1. The Kier molecular flexibility index (Phi) is 3.43. The average Bonchev–Trinajstić information content (AvgIpc) is 2.92. The molecule has 3 aromatic rings. The molecule has 0 spiro atoms. The van der Waals surface area contributed by atoms with Crippen LogP contribution in [0.15, 0.2) is 34.9 Å². The summed E-state index contributed by atoms with van der Waals surface area (Å²) >= 11 is 0. The maximum absolute atomic E-state index is 13.7. The van der Waals surface area contributed by atoms with E-state index in [9.17, 15) is 9.50 Å². The second-order valence-corrected chi connectivity index (χ2v) is 5.18. The number of para-hydroxylation sites is 1. The molecule has 0 aliphatic carbocycles. The molecule has 0 unspecified atom stereocenters. The minimum atomic E-state index is -0.430. The van der Waals surface area contributed by atoms with Crippen molar-refractivity contribution in [2.24, 2.45) is 0 Å². The van der Waals surface area contributed by atoms with Gasteiger partial charge in [-0.3, -0.25) is 4.98 Å². The van der Waals surface area contributed by atoms with E-state index < -0.39 is 5.82 Å². The fourth-order valence-corrected chi connectivity index (χ4v) is 2.17. The highest BCUT2D eigenvalue weighted by molar-refractivity contribution is 5.77. The van der Waals surface area contributed by atoms with Crippen molar-refractivity contribution in [3.8, 4) is 11.5 Å². The standard InChI is InChI=1S/C16H15FN2O2/c1-9(2)10-6-11(13(8-20)18-7-10)16-19-15-12(17)4-3-5-14(15)21-16/h3-7,9,20H,8H2,1-2H3. The first-order valence-corrected chi connectivity index (χ1v) is 6.75. The highest BCUT2D eigenvalue weighted by Gasteiger charge is 2.16. The van der Waals surface area contributed by atoms with Crippen molar-refractivity contribution >= 4 is 11.1 Å². The van der Waals surface area contributed by atoms with Gasteiger partial charge in [0.1, 0.15) is 5.52 Å². The molecular formula is C16H15FN2O2. The molecule has 0 aliphatic rings. The summed E-state index contributed by atoms with van der Waals surface area (Å²) in [5.41, 5.74) is 2.63. The maximum Gasteiger partial charge on any atom is 0.229 e. The van der Waals surface area contributed by atoms with Crippen LogP contribution in [0.5, 0.6) is 0 Å². The summed E-state index contributed by atoms with van der Waals surface area (Å²) < 4.78 is 19.3. The smallest absolute Gasteiger partial charge is 0.229 e. The number of aromatic nitrogens is 2. The van der Waals surface area contributed by atoms with E-state index in [2.05, 4.69) is 9.97 Å². The van der Waals surface area contributed by atoms with Crippen LogP contribution in [0.4, 0.5) is 4.39 Å². The largest absolute Gasteiger partial charge is 0.436 e. The van der Waals surface area contributed by atoms with Gasteiger partial charge in [-0.15, -0.1) is 0 Å². The van der Waals surface area contributed by atoms with Gasteiger partial charge in [-0.05, 0) is 29.7 Å². The second kappa shape index (κ2) is 5.26. The van der Waals surface area contributed by atoms with E-state index in [1.165, 1.54) is 6.07 Å². The van der Waals surface area contributed by atoms with Crippen LogP contribution in [0.1, 0.15) is 31.0 Å². The van der Waals surface area contributed by atoms with Crippen molar-refractivity contribution in [3.63, 3.8) is 0 Å². The highest BCUT2D eigenvalue weighted by Crippen LogP contribution is 2.29. The fraction of sp³-hybridized carbons (Fsp3) is 0.250. The van der Waals surface area contributed by atoms with Gasteiger partial charge in [0, 0.05) is 6.20 Å². The average molecular weight is 286 g/mol. The van der Waals surface area contributed by atoms with E-state index >= 15 is 0 Å². The third kappa shape index (κ3) is 2.40. The first-order valence-electron chi connectivity index (χ1n) is 6.75. The summed E-state index contributed by atoms with van der Waals surface area (Å²) in [4.78, 5) is 8.44.